The van der Waals surface area contributed by atoms with Crippen molar-refractivity contribution in [3.8, 4) is 0 Å². The minimum Gasteiger partial charge on any atom is -0.323 e. The number of anilines is 2. The molecule has 0 saturated heterocycles. The highest BCUT2D eigenvalue weighted by atomic mass is 79.9. The first-order valence-electron chi connectivity index (χ1n) is 8.27. The first kappa shape index (κ1) is 20.5. The van der Waals surface area contributed by atoms with E-state index in [-0.39, 0.29) is 5.91 Å². The number of carbonyl (C=O) groups is 1. The van der Waals surface area contributed by atoms with Gasteiger partial charge in [-0.25, -0.2) is 8.42 Å². The maximum atomic E-state index is 12.9. The molecule has 2 aromatic rings. The predicted molar refractivity (Wildman–Crippen MR) is 110 cm³/mol. The van der Waals surface area contributed by atoms with Crippen LogP contribution < -0.4 is 9.62 Å². The van der Waals surface area contributed by atoms with Crippen molar-refractivity contribution in [2.75, 3.05) is 15.9 Å². The molecule has 0 radical (unpaired) electrons. The second kappa shape index (κ2) is 8.22. The Kier molecular flexibility index (Phi) is 6.47. The first-order valence-corrected chi connectivity index (χ1v) is 10.9. The van der Waals surface area contributed by atoms with Gasteiger partial charge in [-0.1, -0.05) is 31.2 Å². The third-order valence-corrected chi connectivity index (χ3v) is 5.92. The van der Waals surface area contributed by atoms with E-state index in [1.165, 1.54) is 4.31 Å². The summed E-state index contributed by atoms with van der Waals surface area (Å²) in [4.78, 5) is 12.9. The van der Waals surface area contributed by atoms with E-state index in [4.69, 9.17) is 0 Å². The Balaban J connectivity index is 2.47. The number of aryl methyl sites for hydroxylation is 2. The standard InChI is InChI=1S/C19H23BrN2O3S/c1-5-17(19(23)21-16-9-7-6-8-15(16)20)22(26(4,24)25)18-12-13(2)10-11-14(18)3/h6-12,17H,5H2,1-4H3,(H,21,23)/t17-/m0/s1. The van der Waals surface area contributed by atoms with Gasteiger partial charge in [0.2, 0.25) is 15.9 Å². The molecule has 0 bridgehead atoms. The first-order chi connectivity index (χ1) is 12.1. The number of amides is 1. The number of benzene rings is 2. The van der Waals surface area contributed by atoms with Gasteiger partial charge in [-0.15, -0.1) is 0 Å². The molecule has 2 rings (SSSR count). The quantitative estimate of drug-likeness (QED) is 0.732. The van der Waals surface area contributed by atoms with Crippen LogP contribution in [0.15, 0.2) is 46.9 Å². The molecular formula is C19H23BrN2O3S. The van der Waals surface area contributed by atoms with Crippen molar-refractivity contribution in [3.05, 3.63) is 58.1 Å². The number of rotatable bonds is 6. The van der Waals surface area contributed by atoms with E-state index in [9.17, 15) is 13.2 Å². The summed E-state index contributed by atoms with van der Waals surface area (Å²) in [5.74, 6) is -0.370. The highest BCUT2D eigenvalue weighted by Crippen LogP contribution is 2.28. The average molecular weight is 439 g/mol. The van der Waals surface area contributed by atoms with E-state index in [0.29, 0.717) is 17.8 Å². The van der Waals surface area contributed by atoms with E-state index >= 15 is 0 Å². The SMILES string of the molecule is CC[C@@H](C(=O)Nc1ccccc1Br)N(c1cc(C)ccc1C)S(C)(=O)=O. The van der Waals surface area contributed by atoms with Gasteiger partial charge in [0.25, 0.3) is 0 Å². The van der Waals surface area contributed by atoms with Crippen LogP contribution in [0.4, 0.5) is 11.4 Å². The molecule has 0 aliphatic heterocycles. The third kappa shape index (κ3) is 4.65. The Hall–Kier alpha value is -1.86. The van der Waals surface area contributed by atoms with Crippen molar-refractivity contribution >= 4 is 43.2 Å². The van der Waals surface area contributed by atoms with Gasteiger partial charge < -0.3 is 5.32 Å². The Bertz CT molecular complexity index is 913. The van der Waals surface area contributed by atoms with Crippen LogP contribution in [0.2, 0.25) is 0 Å². The van der Waals surface area contributed by atoms with Gasteiger partial charge in [-0.2, -0.15) is 0 Å². The number of hydrogen-bond donors (Lipinski definition) is 1. The van der Waals surface area contributed by atoms with Crippen molar-refractivity contribution in [1.29, 1.82) is 0 Å². The summed E-state index contributed by atoms with van der Waals surface area (Å²) in [6.45, 7) is 5.53. The summed E-state index contributed by atoms with van der Waals surface area (Å²) in [5.41, 5.74) is 2.86. The molecule has 1 amide bonds. The molecule has 5 nitrogen and oxygen atoms in total. The fourth-order valence-corrected chi connectivity index (χ4v) is 4.42. The van der Waals surface area contributed by atoms with Gasteiger partial charge in [0, 0.05) is 4.47 Å². The molecule has 0 fully saturated rings. The molecule has 0 unspecified atom stereocenters. The Morgan fingerprint density at radius 1 is 1.19 bits per heavy atom. The largest absolute Gasteiger partial charge is 0.323 e. The van der Waals surface area contributed by atoms with Crippen LogP contribution >= 0.6 is 15.9 Å². The van der Waals surface area contributed by atoms with Gasteiger partial charge in [-0.05, 0) is 65.5 Å². The van der Waals surface area contributed by atoms with Crippen molar-refractivity contribution in [1.82, 2.24) is 0 Å². The summed E-state index contributed by atoms with van der Waals surface area (Å²) in [6.07, 6.45) is 1.47. The summed E-state index contributed by atoms with van der Waals surface area (Å²) in [6, 6.07) is 12.0. The van der Waals surface area contributed by atoms with Crippen LogP contribution in [0.1, 0.15) is 24.5 Å². The topological polar surface area (TPSA) is 66.5 Å². The van der Waals surface area contributed by atoms with Crippen molar-refractivity contribution < 1.29 is 13.2 Å². The van der Waals surface area contributed by atoms with Crippen LogP contribution in [0.5, 0.6) is 0 Å². The van der Waals surface area contributed by atoms with Gasteiger partial charge in [0.05, 0.1) is 17.6 Å². The lowest BCUT2D eigenvalue weighted by molar-refractivity contribution is -0.117. The number of carbonyl (C=O) groups excluding carboxylic acids is 1. The lowest BCUT2D eigenvalue weighted by atomic mass is 10.1. The van der Waals surface area contributed by atoms with Gasteiger partial charge in [-0.3, -0.25) is 9.10 Å². The zero-order valence-corrected chi connectivity index (χ0v) is 17.7. The van der Waals surface area contributed by atoms with Crippen LogP contribution in [0.25, 0.3) is 0 Å². The van der Waals surface area contributed by atoms with Crippen LogP contribution in [-0.2, 0) is 14.8 Å². The molecule has 140 valence electrons. The summed E-state index contributed by atoms with van der Waals surface area (Å²) < 4.78 is 27.1. The summed E-state index contributed by atoms with van der Waals surface area (Å²) in [5, 5.41) is 2.83. The molecule has 0 aliphatic rings. The van der Waals surface area contributed by atoms with Crippen LogP contribution in [-0.4, -0.2) is 26.6 Å². The van der Waals surface area contributed by atoms with E-state index in [1.807, 2.05) is 38.1 Å². The molecule has 0 spiro atoms. The molecule has 0 aliphatic carbocycles. The number of sulfonamides is 1. The number of halogens is 1. The highest BCUT2D eigenvalue weighted by Gasteiger charge is 2.32. The smallest absolute Gasteiger partial charge is 0.248 e. The maximum absolute atomic E-state index is 12.9. The minimum absolute atomic E-state index is 0.344. The minimum atomic E-state index is -3.66. The molecule has 0 heterocycles. The predicted octanol–water partition coefficient (Wildman–Crippen LogP) is 4.25. The van der Waals surface area contributed by atoms with Gasteiger partial charge in [0.1, 0.15) is 6.04 Å². The monoisotopic (exact) mass is 438 g/mol. The molecule has 2 aromatic carbocycles. The van der Waals surface area contributed by atoms with Crippen molar-refractivity contribution in [3.63, 3.8) is 0 Å². The Morgan fingerprint density at radius 3 is 2.42 bits per heavy atom. The second-order valence-electron chi connectivity index (χ2n) is 6.24. The maximum Gasteiger partial charge on any atom is 0.248 e. The number of nitrogens with zero attached hydrogens (tertiary/aromatic N) is 1. The van der Waals surface area contributed by atoms with Crippen molar-refractivity contribution in [2.24, 2.45) is 0 Å². The van der Waals surface area contributed by atoms with Gasteiger partial charge >= 0.3 is 0 Å². The van der Waals surface area contributed by atoms with Crippen molar-refractivity contribution in [2.45, 2.75) is 33.2 Å². The third-order valence-electron chi connectivity index (χ3n) is 4.06. The molecule has 1 atom stereocenters. The van der Waals surface area contributed by atoms with E-state index in [0.717, 1.165) is 21.9 Å². The Labute approximate surface area is 163 Å². The lowest BCUT2D eigenvalue weighted by Crippen LogP contribution is -2.47. The molecule has 1 N–H and O–H groups in total. The van der Waals surface area contributed by atoms with E-state index in [2.05, 4.69) is 21.2 Å². The lowest BCUT2D eigenvalue weighted by Gasteiger charge is -2.31. The zero-order chi connectivity index (χ0) is 19.5. The fourth-order valence-electron chi connectivity index (χ4n) is 2.77. The Morgan fingerprint density at radius 2 is 1.85 bits per heavy atom. The normalized spacial score (nSPS) is 12.5. The number of nitrogens with one attached hydrogen (secondary N) is 1. The molecule has 0 aromatic heterocycles. The fraction of sp³-hybridized carbons (Fsp3) is 0.316. The van der Waals surface area contributed by atoms with Crippen LogP contribution in [0, 0.1) is 13.8 Å². The van der Waals surface area contributed by atoms with E-state index < -0.39 is 16.1 Å². The average Bonchev–Trinajstić information content (AvgIpc) is 2.56. The number of para-hydroxylation sites is 1. The molecule has 0 saturated carbocycles. The van der Waals surface area contributed by atoms with E-state index in [1.54, 1.807) is 25.1 Å². The van der Waals surface area contributed by atoms with Gasteiger partial charge in [0.15, 0.2) is 0 Å². The zero-order valence-electron chi connectivity index (χ0n) is 15.3. The summed E-state index contributed by atoms with van der Waals surface area (Å²) in [7, 11) is -3.66. The molecule has 26 heavy (non-hydrogen) atoms. The summed E-state index contributed by atoms with van der Waals surface area (Å²) >= 11 is 3.39. The van der Waals surface area contributed by atoms with Crippen LogP contribution in [0.3, 0.4) is 0 Å². The number of hydrogen-bond acceptors (Lipinski definition) is 3. The molecular weight excluding hydrogens is 416 g/mol. The highest BCUT2D eigenvalue weighted by molar-refractivity contribution is 9.10. The molecule has 7 heteroatoms. The second-order valence-corrected chi connectivity index (χ2v) is 8.96.